The molecule has 2 atom stereocenters. The molecular weight excluding hydrogens is 428 g/mol. The Bertz CT molecular complexity index is 1230. The van der Waals surface area contributed by atoms with Gasteiger partial charge in [0.15, 0.2) is 17.3 Å². The second kappa shape index (κ2) is 7.67. The number of halogens is 1. The quantitative estimate of drug-likeness (QED) is 0.621. The van der Waals surface area contributed by atoms with Crippen molar-refractivity contribution in [1.82, 2.24) is 14.8 Å². The van der Waals surface area contributed by atoms with Crippen molar-refractivity contribution in [2.24, 2.45) is 0 Å². The SMILES string of the molecule is O=C1CC(c2ccc(Cl)cc2)CC2=C1C(c1ccc3c(c1)OCCCO3)n1ncnc1N2. The zero-order valence-corrected chi connectivity index (χ0v) is 18.0. The molecular formula is C24H21ClN4O3. The van der Waals surface area contributed by atoms with Crippen molar-refractivity contribution in [1.29, 1.82) is 0 Å². The van der Waals surface area contributed by atoms with Gasteiger partial charge in [0.2, 0.25) is 5.95 Å². The molecule has 1 aliphatic carbocycles. The van der Waals surface area contributed by atoms with Crippen LogP contribution in [0.25, 0.3) is 0 Å². The van der Waals surface area contributed by atoms with Gasteiger partial charge >= 0.3 is 0 Å². The molecule has 7 nitrogen and oxygen atoms in total. The molecule has 2 aromatic carbocycles. The summed E-state index contributed by atoms with van der Waals surface area (Å²) < 4.78 is 13.5. The lowest BCUT2D eigenvalue weighted by Gasteiger charge is -2.35. The van der Waals surface area contributed by atoms with E-state index in [1.165, 1.54) is 6.33 Å². The molecule has 3 aliphatic rings. The van der Waals surface area contributed by atoms with E-state index in [9.17, 15) is 4.79 Å². The van der Waals surface area contributed by atoms with Crippen molar-refractivity contribution >= 4 is 23.3 Å². The minimum absolute atomic E-state index is 0.0879. The van der Waals surface area contributed by atoms with E-state index in [1.807, 2.05) is 42.5 Å². The summed E-state index contributed by atoms with van der Waals surface area (Å²) in [6.45, 7) is 1.24. The predicted molar refractivity (Wildman–Crippen MR) is 119 cm³/mol. The number of carbonyl (C=O) groups is 1. The van der Waals surface area contributed by atoms with Gasteiger partial charge in [-0.2, -0.15) is 10.1 Å². The number of nitrogens with zero attached hydrogens (tertiary/aromatic N) is 3. The monoisotopic (exact) mass is 448 g/mol. The Balaban J connectivity index is 1.42. The number of ketones is 1. The Morgan fingerprint density at radius 3 is 2.62 bits per heavy atom. The summed E-state index contributed by atoms with van der Waals surface area (Å²) in [5.74, 6) is 2.25. The van der Waals surface area contributed by atoms with Gasteiger partial charge in [0.25, 0.3) is 0 Å². The lowest BCUT2D eigenvalue weighted by atomic mass is 9.78. The summed E-state index contributed by atoms with van der Waals surface area (Å²) in [5, 5.41) is 8.48. The highest BCUT2D eigenvalue weighted by molar-refractivity contribution is 6.30. The van der Waals surface area contributed by atoms with E-state index in [-0.39, 0.29) is 17.7 Å². The van der Waals surface area contributed by atoms with Crippen molar-refractivity contribution < 1.29 is 14.3 Å². The highest BCUT2D eigenvalue weighted by atomic mass is 35.5. The summed E-state index contributed by atoms with van der Waals surface area (Å²) in [7, 11) is 0. The van der Waals surface area contributed by atoms with Crippen molar-refractivity contribution in [3.05, 3.63) is 76.2 Å². The van der Waals surface area contributed by atoms with Gasteiger partial charge in [0.05, 0.1) is 13.2 Å². The number of allylic oxidation sites excluding steroid dienone is 2. The summed E-state index contributed by atoms with van der Waals surface area (Å²) in [4.78, 5) is 17.9. The maximum Gasteiger partial charge on any atom is 0.226 e. The van der Waals surface area contributed by atoms with E-state index in [1.54, 1.807) is 4.68 Å². The molecule has 6 rings (SSSR count). The lowest BCUT2D eigenvalue weighted by molar-refractivity contribution is -0.116. The lowest BCUT2D eigenvalue weighted by Crippen LogP contribution is -2.33. The average Bonchev–Trinajstić information content (AvgIpc) is 3.14. The van der Waals surface area contributed by atoms with Gasteiger partial charge in [-0.3, -0.25) is 4.79 Å². The fourth-order valence-electron chi connectivity index (χ4n) is 4.78. The molecule has 3 heterocycles. The smallest absolute Gasteiger partial charge is 0.226 e. The molecule has 2 unspecified atom stereocenters. The van der Waals surface area contributed by atoms with E-state index in [0.717, 1.165) is 41.0 Å². The van der Waals surface area contributed by atoms with E-state index < -0.39 is 0 Å². The molecule has 2 aliphatic heterocycles. The molecule has 0 amide bonds. The number of rotatable bonds is 2. The number of nitrogens with one attached hydrogen (secondary N) is 1. The first-order chi connectivity index (χ1) is 15.7. The maximum absolute atomic E-state index is 13.5. The number of hydrogen-bond acceptors (Lipinski definition) is 6. The molecule has 0 spiro atoms. The Morgan fingerprint density at radius 1 is 1.00 bits per heavy atom. The minimum atomic E-state index is -0.362. The van der Waals surface area contributed by atoms with Gasteiger partial charge in [-0.25, -0.2) is 4.68 Å². The molecule has 3 aromatic rings. The van der Waals surface area contributed by atoms with Crippen LogP contribution in [0.5, 0.6) is 11.5 Å². The van der Waals surface area contributed by atoms with Gasteiger partial charge in [-0.15, -0.1) is 0 Å². The number of ether oxygens (including phenoxy) is 2. The number of hydrogen-bond donors (Lipinski definition) is 1. The van der Waals surface area contributed by atoms with Crippen molar-refractivity contribution in [2.45, 2.75) is 31.2 Å². The van der Waals surface area contributed by atoms with Gasteiger partial charge in [0.1, 0.15) is 12.4 Å². The molecule has 0 saturated carbocycles. The van der Waals surface area contributed by atoms with Gasteiger partial charge in [-0.1, -0.05) is 29.8 Å². The Hall–Kier alpha value is -3.32. The molecule has 0 radical (unpaired) electrons. The van der Waals surface area contributed by atoms with Crippen LogP contribution in [0.4, 0.5) is 5.95 Å². The van der Waals surface area contributed by atoms with Crippen LogP contribution in [0.15, 0.2) is 60.1 Å². The number of fused-ring (bicyclic) bond motifs is 2. The summed E-state index contributed by atoms with van der Waals surface area (Å²) in [6.07, 6.45) is 3.51. The van der Waals surface area contributed by atoms with E-state index in [2.05, 4.69) is 15.4 Å². The number of carbonyl (C=O) groups excluding carboxylic acids is 1. The van der Waals surface area contributed by atoms with Crippen molar-refractivity contribution in [3.8, 4) is 11.5 Å². The second-order valence-electron chi connectivity index (χ2n) is 8.28. The number of anilines is 1. The molecule has 162 valence electrons. The molecule has 0 bridgehead atoms. The largest absolute Gasteiger partial charge is 0.490 e. The average molecular weight is 449 g/mol. The Kier molecular flexibility index (Phi) is 4.64. The number of aromatic nitrogens is 3. The van der Waals surface area contributed by atoms with Crippen LogP contribution in [0, 0.1) is 0 Å². The van der Waals surface area contributed by atoms with E-state index in [0.29, 0.717) is 36.4 Å². The van der Waals surface area contributed by atoms with Crippen LogP contribution in [0.3, 0.4) is 0 Å². The van der Waals surface area contributed by atoms with Crippen LogP contribution in [-0.2, 0) is 4.79 Å². The van der Waals surface area contributed by atoms with Gasteiger partial charge in [0, 0.05) is 29.1 Å². The van der Waals surface area contributed by atoms with Crippen LogP contribution in [0.2, 0.25) is 5.02 Å². The fraction of sp³-hybridized carbons (Fsp3) is 0.292. The molecule has 1 aromatic heterocycles. The molecule has 0 saturated heterocycles. The zero-order chi connectivity index (χ0) is 21.7. The highest BCUT2D eigenvalue weighted by Crippen LogP contribution is 2.45. The fourth-order valence-corrected chi connectivity index (χ4v) is 4.91. The van der Waals surface area contributed by atoms with Gasteiger partial charge in [-0.05, 0) is 47.7 Å². The van der Waals surface area contributed by atoms with Crippen molar-refractivity contribution in [2.75, 3.05) is 18.5 Å². The van der Waals surface area contributed by atoms with Crippen molar-refractivity contribution in [3.63, 3.8) is 0 Å². The molecule has 8 heteroatoms. The Morgan fingerprint density at radius 2 is 1.78 bits per heavy atom. The molecule has 0 fully saturated rings. The topological polar surface area (TPSA) is 78.3 Å². The van der Waals surface area contributed by atoms with Crippen LogP contribution in [-0.4, -0.2) is 33.8 Å². The highest BCUT2D eigenvalue weighted by Gasteiger charge is 2.39. The first-order valence-corrected chi connectivity index (χ1v) is 11.1. The zero-order valence-electron chi connectivity index (χ0n) is 17.3. The molecule has 1 N–H and O–H groups in total. The van der Waals surface area contributed by atoms with Gasteiger partial charge < -0.3 is 14.8 Å². The first-order valence-electron chi connectivity index (χ1n) is 10.7. The second-order valence-corrected chi connectivity index (χ2v) is 8.72. The summed E-state index contributed by atoms with van der Waals surface area (Å²) in [6, 6.07) is 13.2. The van der Waals surface area contributed by atoms with E-state index in [4.69, 9.17) is 21.1 Å². The standard InChI is InChI=1S/C24H21ClN4O3/c25-17-5-2-14(3-6-17)16-10-18-22(19(30)11-16)23(29-24(28-18)26-13-27-29)15-4-7-20-21(12-15)32-9-1-8-31-20/h2-7,12-13,16,23H,1,8-11H2,(H,26,27,28). The Labute approximate surface area is 190 Å². The van der Waals surface area contributed by atoms with E-state index >= 15 is 0 Å². The predicted octanol–water partition coefficient (Wildman–Crippen LogP) is 4.51. The maximum atomic E-state index is 13.5. The third-order valence-corrected chi connectivity index (χ3v) is 6.54. The number of Topliss-reactive ketones (excluding diaryl/α,β-unsaturated/α-hetero) is 1. The third-order valence-electron chi connectivity index (χ3n) is 6.29. The van der Waals surface area contributed by atoms with Crippen LogP contribution >= 0.6 is 11.6 Å². The molecule has 32 heavy (non-hydrogen) atoms. The minimum Gasteiger partial charge on any atom is -0.490 e. The van der Waals surface area contributed by atoms with Crippen LogP contribution in [0.1, 0.15) is 42.3 Å². The number of benzene rings is 2. The third kappa shape index (κ3) is 3.24. The summed E-state index contributed by atoms with van der Waals surface area (Å²) >= 11 is 6.06. The first kappa shape index (κ1) is 19.4. The van der Waals surface area contributed by atoms with Crippen LogP contribution < -0.4 is 14.8 Å². The summed E-state index contributed by atoms with van der Waals surface area (Å²) in [5.41, 5.74) is 3.67. The normalized spacial score (nSPS) is 22.0.